The van der Waals surface area contributed by atoms with Crippen LogP contribution in [0.1, 0.15) is 15.9 Å². The summed E-state index contributed by atoms with van der Waals surface area (Å²) >= 11 is 0. The molecule has 27 heavy (non-hydrogen) atoms. The average Bonchev–Trinajstić information content (AvgIpc) is 2.72. The van der Waals surface area contributed by atoms with Gasteiger partial charge in [0.15, 0.2) is 5.82 Å². The number of benzene rings is 2. The zero-order chi connectivity index (χ0) is 19.1. The van der Waals surface area contributed by atoms with E-state index in [1.807, 2.05) is 24.3 Å². The Morgan fingerprint density at radius 1 is 1.07 bits per heavy atom. The standard InChI is InChI=1S/C19H19N5O3/c1-26-16-10-6-3-7-13(16)11-20-17-12-21-24-19(23-17)22-15-9-5-4-8-14(15)18(25)27-2/h3-10,12H,11H2,1-2H3,(H2,20,22,23,24). The van der Waals surface area contributed by atoms with Gasteiger partial charge in [0.25, 0.3) is 0 Å². The summed E-state index contributed by atoms with van der Waals surface area (Å²) in [6.45, 7) is 0.515. The number of nitrogens with one attached hydrogen (secondary N) is 2. The SMILES string of the molecule is COC(=O)c1ccccc1Nc1nncc(NCc2ccccc2OC)n1. The molecule has 0 spiro atoms. The second-order valence-electron chi connectivity index (χ2n) is 5.49. The molecule has 0 bridgehead atoms. The van der Waals surface area contributed by atoms with Crippen LogP contribution in [0.5, 0.6) is 5.75 Å². The van der Waals surface area contributed by atoms with Crippen molar-refractivity contribution in [2.45, 2.75) is 6.54 Å². The third-order valence-corrected chi connectivity index (χ3v) is 3.79. The van der Waals surface area contributed by atoms with Gasteiger partial charge in [-0.15, -0.1) is 5.10 Å². The fraction of sp³-hybridized carbons (Fsp3) is 0.158. The lowest BCUT2D eigenvalue weighted by Crippen LogP contribution is -2.09. The van der Waals surface area contributed by atoms with Gasteiger partial charge in [-0.25, -0.2) is 4.79 Å². The lowest BCUT2D eigenvalue weighted by atomic mass is 10.2. The van der Waals surface area contributed by atoms with Crippen LogP contribution in [-0.4, -0.2) is 35.4 Å². The summed E-state index contributed by atoms with van der Waals surface area (Å²) in [6, 6.07) is 14.7. The number of rotatable bonds is 7. The van der Waals surface area contributed by atoms with Crippen LogP contribution in [-0.2, 0) is 11.3 Å². The van der Waals surface area contributed by atoms with E-state index in [1.54, 1.807) is 31.4 Å². The average molecular weight is 365 g/mol. The zero-order valence-electron chi connectivity index (χ0n) is 15.0. The van der Waals surface area contributed by atoms with Gasteiger partial charge in [0.2, 0.25) is 5.95 Å². The molecule has 0 radical (unpaired) electrons. The number of aromatic nitrogens is 3. The summed E-state index contributed by atoms with van der Waals surface area (Å²) in [7, 11) is 2.96. The van der Waals surface area contributed by atoms with Gasteiger partial charge in [-0.3, -0.25) is 0 Å². The van der Waals surface area contributed by atoms with Crippen molar-refractivity contribution < 1.29 is 14.3 Å². The van der Waals surface area contributed by atoms with Gasteiger partial charge < -0.3 is 20.1 Å². The van der Waals surface area contributed by atoms with E-state index < -0.39 is 5.97 Å². The number of carbonyl (C=O) groups excluding carboxylic acids is 1. The number of para-hydroxylation sites is 2. The molecule has 2 N–H and O–H groups in total. The monoisotopic (exact) mass is 365 g/mol. The Hall–Kier alpha value is -3.68. The number of esters is 1. The number of hydrogen-bond acceptors (Lipinski definition) is 8. The maximum absolute atomic E-state index is 11.9. The number of anilines is 3. The summed E-state index contributed by atoms with van der Waals surface area (Å²) in [5, 5.41) is 14.1. The maximum atomic E-state index is 11.9. The van der Waals surface area contributed by atoms with Gasteiger partial charge in [-0.05, 0) is 18.2 Å². The fourth-order valence-electron chi connectivity index (χ4n) is 2.48. The van der Waals surface area contributed by atoms with Crippen molar-refractivity contribution >= 4 is 23.4 Å². The predicted octanol–water partition coefficient (Wildman–Crippen LogP) is 3.02. The van der Waals surface area contributed by atoms with Crippen molar-refractivity contribution in [2.24, 2.45) is 0 Å². The summed E-state index contributed by atoms with van der Waals surface area (Å²) in [6.07, 6.45) is 1.52. The molecule has 0 aliphatic rings. The minimum Gasteiger partial charge on any atom is -0.496 e. The first kappa shape index (κ1) is 18.1. The lowest BCUT2D eigenvalue weighted by Gasteiger charge is -2.11. The van der Waals surface area contributed by atoms with Gasteiger partial charge in [0.1, 0.15) is 5.75 Å². The van der Waals surface area contributed by atoms with E-state index in [2.05, 4.69) is 25.8 Å². The van der Waals surface area contributed by atoms with E-state index in [-0.39, 0.29) is 5.95 Å². The number of nitrogens with zero attached hydrogens (tertiary/aromatic N) is 3. The Kier molecular flexibility index (Phi) is 5.78. The predicted molar refractivity (Wildman–Crippen MR) is 101 cm³/mol. The Morgan fingerprint density at radius 3 is 2.67 bits per heavy atom. The first-order valence-corrected chi connectivity index (χ1v) is 8.21. The first-order chi connectivity index (χ1) is 13.2. The van der Waals surface area contributed by atoms with Crippen LogP contribution < -0.4 is 15.4 Å². The molecule has 1 heterocycles. The van der Waals surface area contributed by atoms with Crippen molar-refractivity contribution in [2.75, 3.05) is 24.9 Å². The van der Waals surface area contributed by atoms with Gasteiger partial charge in [-0.2, -0.15) is 10.1 Å². The number of hydrogen-bond donors (Lipinski definition) is 2. The fourth-order valence-corrected chi connectivity index (χ4v) is 2.48. The smallest absolute Gasteiger partial charge is 0.339 e. The quantitative estimate of drug-likeness (QED) is 0.617. The van der Waals surface area contributed by atoms with Crippen LogP contribution in [0, 0.1) is 0 Å². The van der Waals surface area contributed by atoms with E-state index in [0.717, 1.165) is 11.3 Å². The Morgan fingerprint density at radius 2 is 1.85 bits per heavy atom. The molecule has 0 aliphatic carbocycles. The normalized spacial score (nSPS) is 10.1. The molecule has 0 saturated carbocycles. The Labute approximate surface area is 156 Å². The molecule has 0 fully saturated rings. The largest absolute Gasteiger partial charge is 0.496 e. The molecule has 3 rings (SSSR count). The molecule has 1 aromatic heterocycles. The second-order valence-corrected chi connectivity index (χ2v) is 5.49. The molecule has 8 nitrogen and oxygen atoms in total. The molecule has 0 atom stereocenters. The maximum Gasteiger partial charge on any atom is 0.339 e. The molecule has 2 aromatic carbocycles. The highest BCUT2D eigenvalue weighted by atomic mass is 16.5. The Bertz CT molecular complexity index is 932. The van der Waals surface area contributed by atoms with E-state index in [4.69, 9.17) is 9.47 Å². The van der Waals surface area contributed by atoms with Crippen molar-refractivity contribution in [1.29, 1.82) is 0 Å². The molecule has 0 saturated heterocycles. The summed E-state index contributed by atoms with van der Waals surface area (Å²) in [5.74, 6) is 1.14. The number of ether oxygens (including phenoxy) is 2. The molecule has 0 unspecified atom stereocenters. The Balaban J connectivity index is 1.74. The van der Waals surface area contributed by atoms with E-state index in [1.165, 1.54) is 13.3 Å². The van der Waals surface area contributed by atoms with Gasteiger partial charge in [0.05, 0.1) is 31.7 Å². The van der Waals surface area contributed by atoms with E-state index in [0.29, 0.717) is 23.6 Å². The molecular weight excluding hydrogens is 346 g/mol. The van der Waals surface area contributed by atoms with E-state index in [9.17, 15) is 4.79 Å². The third-order valence-electron chi connectivity index (χ3n) is 3.79. The van der Waals surface area contributed by atoms with Crippen LogP contribution in [0.4, 0.5) is 17.5 Å². The highest BCUT2D eigenvalue weighted by Crippen LogP contribution is 2.21. The molecule has 0 aliphatic heterocycles. The second kappa shape index (κ2) is 8.61. The topological polar surface area (TPSA) is 98.3 Å². The van der Waals surface area contributed by atoms with Crippen LogP contribution >= 0.6 is 0 Å². The highest BCUT2D eigenvalue weighted by Gasteiger charge is 2.12. The van der Waals surface area contributed by atoms with Crippen molar-refractivity contribution in [1.82, 2.24) is 15.2 Å². The van der Waals surface area contributed by atoms with Crippen LogP contribution in [0.25, 0.3) is 0 Å². The lowest BCUT2D eigenvalue weighted by molar-refractivity contribution is 0.0602. The first-order valence-electron chi connectivity index (χ1n) is 8.21. The number of methoxy groups -OCH3 is 2. The van der Waals surface area contributed by atoms with Gasteiger partial charge >= 0.3 is 5.97 Å². The summed E-state index contributed by atoms with van der Waals surface area (Å²) < 4.78 is 10.1. The molecule has 3 aromatic rings. The van der Waals surface area contributed by atoms with Crippen molar-refractivity contribution in [3.8, 4) is 5.75 Å². The van der Waals surface area contributed by atoms with Gasteiger partial charge in [0, 0.05) is 12.1 Å². The molecule has 8 heteroatoms. The van der Waals surface area contributed by atoms with E-state index >= 15 is 0 Å². The van der Waals surface area contributed by atoms with Gasteiger partial charge in [-0.1, -0.05) is 30.3 Å². The van der Waals surface area contributed by atoms with Crippen LogP contribution in [0.15, 0.2) is 54.7 Å². The minimum atomic E-state index is -0.448. The summed E-state index contributed by atoms with van der Waals surface area (Å²) in [5.41, 5.74) is 1.91. The van der Waals surface area contributed by atoms with Crippen molar-refractivity contribution in [3.05, 3.63) is 65.9 Å². The number of carbonyl (C=O) groups is 1. The molecule has 0 amide bonds. The molecular formula is C19H19N5O3. The zero-order valence-corrected chi connectivity index (χ0v) is 15.0. The third kappa shape index (κ3) is 4.49. The van der Waals surface area contributed by atoms with Crippen LogP contribution in [0.3, 0.4) is 0 Å². The highest BCUT2D eigenvalue weighted by molar-refractivity contribution is 5.96. The minimum absolute atomic E-state index is 0.261. The van der Waals surface area contributed by atoms with Crippen LogP contribution in [0.2, 0.25) is 0 Å². The molecule has 138 valence electrons. The van der Waals surface area contributed by atoms with Crippen molar-refractivity contribution in [3.63, 3.8) is 0 Å². The summed E-state index contributed by atoms with van der Waals surface area (Å²) in [4.78, 5) is 16.2.